The van der Waals surface area contributed by atoms with E-state index < -0.39 is 30.6 Å². The zero-order valence-corrected chi connectivity index (χ0v) is 9.68. The van der Waals surface area contributed by atoms with Gasteiger partial charge in [0.25, 0.3) is 0 Å². The molecule has 2 heterocycles. The lowest BCUT2D eigenvalue weighted by molar-refractivity contribution is 0.109. The van der Waals surface area contributed by atoms with Gasteiger partial charge in [-0.1, -0.05) is 0 Å². The summed E-state index contributed by atoms with van der Waals surface area (Å²) < 4.78 is 0. The quantitative estimate of drug-likeness (QED) is 0.465. The fourth-order valence-corrected chi connectivity index (χ4v) is 7.95. The second kappa shape index (κ2) is 4.27. The van der Waals surface area contributed by atoms with Crippen molar-refractivity contribution in [2.45, 2.75) is 61.9 Å². The Kier molecular flexibility index (Phi) is 3.34. The zero-order valence-electron chi connectivity index (χ0n) is 8.79. The van der Waals surface area contributed by atoms with Crippen LogP contribution in [0.2, 0.25) is 0 Å². The normalized spacial score (nSPS) is 52.0. The molecule has 0 aromatic rings. The van der Waals surface area contributed by atoms with Crippen molar-refractivity contribution < 1.29 is 20.4 Å². The molecule has 88 valence electrons. The van der Waals surface area contributed by atoms with Gasteiger partial charge in [-0.25, -0.2) is 0 Å². The van der Waals surface area contributed by atoms with Crippen LogP contribution >= 0.6 is 7.26 Å². The molecule has 0 saturated carbocycles. The summed E-state index contributed by atoms with van der Waals surface area (Å²) in [5, 5.41) is 40.3. The molecule has 2 rings (SSSR count). The summed E-state index contributed by atoms with van der Waals surface area (Å²) in [7, 11) is -2.43. The summed E-state index contributed by atoms with van der Waals surface area (Å²) in [5.74, 6) is -2.70. The molecule has 0 aromatic carbocycles. The lowest BCUT2D eigenvalue weighted by Crippen LogP contribution is -2.44. The Balaban J connectivity index is 2.32. The number of aliphatic hydroxyl groups excluding tert-OH is 4. The van der Waals surface area contributed by atoms with Crippen molar-refractivity contribution in [3.63, 3.8) is 0 Å². The molecular weight excluding hydrogens is 215 g/mol. The van der Waals surface area contributed by atoms with Crippen molar-refractivity contribution in [3.05, 3.63) is 0 Å². The molecule has 0 radical (unpaired) electrons. The highest BCUT2D eigenvalue weighted by Crippen LogP contribution is 2.77. The fraction of sp³-hybridized carbons (Fsp3) is 1.00. The second-order valence-electron chi connectivity index (χ2n) is 4.68. The van der Waals surface area contributed by atoms with E-state index in [9.17, 15) is 20.4 Å². The van der Waals surface area contributed by atoms with Crippen molar-refractivity contribution in [1.82, 2.24) is 0 Å². The van der Waals surface area contributed by atoms with Crippen LogP contribution in [0.25, 0.3) is 0 Å². The molecule has 0 aromatic heterocycles. The highest BCUT2D eigenvalue weighted by Gasteiger charge is 2.64. The topological polar surface area (TPSA) is 80.9 Å². The standard InChI is InChI=1S/C10H20O4P/c11-7-3-1-4-8(12)15(7)9(13)5-2-6-10(15)14/h7-14H,1-6H2/q+1. The second-order valence-corrected chi connectivity index (χ2v) is 8.85. The summed E-state index contributed by atoms with van der Waals surface area (Å²) in [6.07, 6.45) is 4.00. The molecule has 0 aliphatic carbocycles. The van der Waals surface area contributed by atoms with Crippen LogP contribution in [0.15, 0.2) is 0 Å². The predicted molar refractivity (Wildman–Crippen MR) is 58.6 cm³/mol. The first-order valence-corrected chi connectivity index (χ1v) is 7.76. The largest absolute Gasteiger partial charge is 0.359 e. The van der Waals surface area contributed by atoms with E-state index in [0.29, 0.717) is 25.7 Å². The van der Waals surface area contributed by atoms with Crippen LogP contribution < -0.4 is 0 Å². The minimum atomic E-state index is -2.43. The Morgan fingerprint density at radius 1 is 0.600 bits per heavy atom. The molecule has 0 bridgehead atoms. The van der Waals surface area contributed by atoms with E-state index in [1.807, 2.05) is 0 Å². The first kappa shape index (κ1) is 11.7. The third-order valence-electron chi connectivity index (χ3n) is 3.91. The molecule has 4 nitrogen and oxygen atoms in total. The summed E-state index contributed by atoms with van der Waals surface area (Å²) in [5.41, 5.74) is 0. The van der Waals surface area contributed by atoms with Crippen molar-refractivity contribution in [1.29, 1.82) is 0 Å². The van der Waals surface area contributed by atoms with Crippen LogP contribution in [0.1, 0.15) is 38.5 Å². The first-order chi connectivity index (χ1) is 7.10. The molecule has 4 unspecified atom stereocenters. The first-order valence-electron chi connectivity index (χ1n) is 5.70. The Morgan fingerprint density at radius 2 is 0.867 bits per heavy atom. The van der Waals surface area contributed by atoms with Gasteiger partial charge in [-0.15, -0.1) is 0 Å². The molecule has 15 heavy (non-hydrogen) atoms. The van der Waals surface area contributed by atoms with Crippen LogP contribution in [0.5, 0.6) is 0 Å². The van der Waals surface area contributed by atoms with E-state index in [2.05, 4.69) is 0 Å². The van der Waals surface area contributed by atoms with Gasteiger partial charge in [-0.2, -0.15) is 0 Å². The predicted octanol–water partition coefficient (Wildman–Crippen LogP) is 0.645. The number of aliphatic hydroxyl groups is 4. The molecule has 2 saturated heterocycles. The van der Waals surface area contributed by atoms with E-state index in [-0.39, 0.29) is 0 Å². The lowest BCUT2D eigenvalue weighted by Gasteiger charge is -2.46. The molecule has 2 fully saturated rings. The highest BCUT2D eigenvalue weighted by atomic mass is 31.2. The number of hydrogen-bond donors (Lipinski definition) is 4. The van der Waals surface area contributed by atoms with Crippen LogP contribution in [0.4, 0.5) is 0 Å². The Bertz CT molecular complexity index is 188. The summed E-state index contributed by atoms with van der Waals surface area (Å²) >= 11 is 0. The Hall–Kier alpha value is 0.270. The van der Waals surface area contributed by atoms with Gasteiger partial charge < -0.3 is 20.4 Å². The van der Waals surface area contributed by atoms with Gasteiger partial charge in [-0.05, 0) is 12.8 Å². The van der Waals surface area contributed by atoms with Crippen LogP contribution in [0, 0.1) is 0 Å². The van der Waals surface area contributed by atoms with E-state index in [1.165, 1.54) is 0 Å². The van der Waals surface area contributed by atoms with Gasteiger partial charge in [0.1, 0.15) is 7.26 Å². The Labute approximate surface area is 90.3 Å². The zero-order chi connectivity index (χ0) is 11.1. The molecule has 2 aliphatic rings. The minimum Gasteiger partial charge on any atom is -0.359 e. The van der Waals surface area contributed by atoms with Gasteiger partial charge in [-0.3, -0.25) is 0 Å². The van der Waals surface area contributed by atoms with Crippen molar-refractivity contribution in [2.75, 3.05) is 0 Å². The van der Waals surface area contributed by atoms with Crippen molar-refractivity contribution >= 4 is 7.26 Å². The summed E-state index contributed by atoms with van der Waals surface area (Å²) in [4.78, 5) is 0. The maximum absolute atomic E-state index is 10.1. The summed E-state index contributed by atoms with van der Waals surface area (Å²) in [6, 6.07) is 0. The molecule has 4 atom stereocenters. The van der Waals surface area contributed by atoms with Gasteiger partial charge in [0, 0.05) is 25.7 Å². The minimum absolute atomic E-state index is 0.610. The van der Waals surface area contributed by atoms with Crippen LogP contribution in [-0.2, 0) is 0 Å². The third-order valence-corrected chi connectivity index (χ3v) is 9.08. The maximum atomic E-state index is 10.1. The van der Waals surface area contributed by atoms with Gasteiger partial charge in [0.05, 0.1) is 0 Å². The maximum Gasteiger partial charge on any atom is 0.172 e. The molecule has 2 aliphatic heterocycles. The van der Waals surface area contributed by atoms with E-state index in [4.69, 9.17) is 0 Å². The molecular formula is C10H20O4P+. The van der Waals surface area contributed by atoms with E-state index in [1.54, 1.807) is 0 Å². The lowest BCUT2D eigenvalue weighted by atomic mass is 10.2. The average Bonchev–Trinajstić information content (AvgIpc) is 2.17. The van der Waals surface area contributed by atoms with Crippen molar-refractivity contribution in [2.24, 2.45) is 0 Å². The number of hydrogen-bond acceptors (Lipinski definition) is 4. The van der Waals surface area contributed by atoms with Gasteiger partial charge >= 0.3 is 0 Å². The third kappa shape index (κ3) is 1.63. The average molecular weight is 235 g/mol. The van der Waals surface area contributed by atoms with Gasteiger partial charge in [0.15, 0.2) is 23.4 Å². The monoisotopic (exact) mass is 235 g/mol. The van der Waals surface area contributed by atoms with Crippen LogP contribution in [0.3, 0.4) is 0 Å². The number of rotatable bonds is 0. The molecule has 0 amide bonds. The highest BCUT2D eigenvalue weighted by molar-refractivity contribution is 7.77. The summed E-state index contributed by atoms with van der Waals surface area (Å²) in [6.45, 7) is 0. The Morgan fingerprint density at radius 3 is 1.13 bits per heavy atom. The molecule has 4 N–H and O–H groups in total. The smallest absolute Gasteiger partial charge is 0.172 e. The molecule has 1 spiro atoms. The molecule has 5 heteroatoms. The van der Waals surface area contributed by atoms with Crippen molar-refractivity contribution in [3.8, 4) is 0 Å². The SMILES string of the molecule is OC1CCCC(O)[P+]12C(O)CCCC2O. The van der Waals surface area contributed by atoms with E-state index in [0.717, 1.165) is 12.8 Å². The fourth-order valence-electron chi connectivity index (χ4n) is 3.05. The van der Waals surface area contributed by atoms with Gasteiger partial charge in [0.2, 0.25) is 0 Å². The van der Waals surface area contributed by atoms with E-state index >= 15 is 0 Å². The van der Waals surface area contributed by atoms with Crippen LogP contribution in [-0.4, -0.2) is 43.8 Å².